The van der Waals surface area contributed by atoms with Crippen molar-refractivity contribution in [1.29, 1.82) is 0 Å². The molecule has 1 N–H and O–H groups in total. The number of carbonyl (C=O) groups excluding carboxylic acids is 1. The first-order valence-corrected chi connectivity index (χ1v) is 7.24. The molecule has 0 aromatic heterocycles. The molecule has 1 aliphatic rings. The van der Waals surface area contributed by atoms with Crippen molar-refractivity contribution in [2.24, 2.45) is 4.99 Å². The van der Waals surface area contributed by atoms with Gasteiger partial charge in [0.15, 0.2) is 0 Å². The molecule has 24 heavy (non-hydrogen) atoms. The summed E-state index contributed by atoms with van der Waals surface area (Å²) in [7, 11) is 0. The van der Waals surface area contributed by atoms with Gasteiger partial charge >= 0.3 is 0 Å². The lowest BCUT2D eigenvalue weighted by atomic mass is 9.99. The fourth-order valence-electron chi connectivity index (χ4n) is 2.48. The summed E-state index contributed by atoms with van der Waals surface area (Å²) in [5.41, 5.74) is -0.247. The van der Waals surface area contributed by atoms with Crippen molar-refractivity contribution >= 4 is 23.0 Å². The Balaban J connectivity index is 2.32. The summed E-state index contributed by atoms with van der Waals surface area (Å²) in [6.45, 7) is 3.20. The van der Waals surface area contributed by atoms with Crippen LogP contribution in [0.25, 0.3) is 0 Å². The number of hydrogen-bond acceptors (Lipinski definition) is 4. The molecule has 1 heterocycles. The summed E-state index contributed by atoms with van der Waals surface area (Å²) in [5.74, 6) is -0.886. The molecule has 0 aliphatic carbocycles. The number of nitro groups is 1. The molecular weight excluding hydrogens is 313 g/mol. The minimum absolute atomic E-state index is 0.160. The zero-order valence-electron chi connectivity index (χ0n) is 13.0. The first kappa shape index (κ1) is 15.8. The van der Waals surface area contributed by atoms with Gasteiger partial charge in [-0.2, -0.15) is 0 Å². The monoisotopic (exact) mass is 327 g/mol. The maximum atomic E-state index is 14.3. The van der Waals surface area contributed by atoms with Gasteiger partial charge in [0.05, 0.1) is 16.3 Å². The van der Waals surface area contributed by atoms with Crippen molar-refractivity contribution in [3.05, 3.63) is 69.5 Å². The molecule has 3 rings (SSSR count). The van der Waals surface area contributed by atoms with E-state index in [2.05, 4.69) is 10.3 Å². The largest absolute Gasteiger partial charge is 0.323 e. The zero-order valence-corrected chi connectivity index (χ0v) is 13.0. The van der Waals surface area contributed by atoms with Crippen molar-refractivity contribution in [3.63, 3.8) is 0 Å². The van der Waals surface area contributed by atoms with Gasteiger partial charge in [-0.25, -0.2) is 4.39 Å². The number of aliphatic imine (C=N–C) groups is 1. The molecule has 2 aromatic carbocycles. The second kappa shape index (κ2) is 5.52. The van der Waals surface area contributed by atoms with Crippen molar-refractivity contribution in [1.82, 2.24) is 0 Å². The molecule has 0 spiro atoms. The third kappa shape index (κ3) is 2.64. The summed E-state index contributed by atoms with van der Waals surface area (Å²) >= 11 is 0. The van der Waals surface area contributed by atoms with Crippen LogP contribution in [0.1, 0.15) is 25.0 Å². The fourth-order valence-corrected chi connectivity index (χ4v) is 2.48. The number of carbonyl (C=O) groups is 1. The molecule has 0 fully saturated rings. The molecule has 6 nitrogen and oxygen atoms in total. The maximum absolute atomic E-state index is 14.3. The van der Waals surface area contributed by atoms with Gasteiger partial charge in [0.25, 0.3) is 11.6 Å². The Morgan fingerprint density at radius 1 is 1.17 bits per heavy atom. The summed E-state index contributed by atoms with van der Waals surface area (Å²) < 4.78 is 14.3. The van der Waals surface area contributed by atoms with Gasteiger partial charge in [-0.3, -0.25) is 19.9 Å². The van der Waals surface area contributed by atoms with Crippen molar-refractivity contribution < 1.29 is 14.1 Å². The molecule has 0 saturated heterocycles. The highest BCUT2D eigenvalue weighted by Gasteiger charge is 2.33. The van der Waals surface area contributed by atoms with Crippen LogP contribution in [-0.4, -0.2) is 22.1 Å². The van der Waals surface area contributed by atoms with Gasteiger partial charge < -0.3 is 5.32 Å². The summed E-state index contributed by atoms with van der Waals surface area (Å²) in [6.07, 6.45) is 0. The Kier molecular flexibility index (Phi) is 3.63. The van der Waals surface area contributed by atoms with Gasteiger partial charge in [0, 0.05) is 23.3 Å². The van der Waals surface area contributed by atoms with Gasteiger partial charge in [-0.1, -0.05) is 12.1 Å². The summed E-state index contributed by atoms with van der Waals surface area (Å²) in [6, 6.07) is 10.0. The van der Waals surface area contributed by atoms with E-state index in [-0.39, 0.29) is 22.9 Å². The minimum Gasteiger partial charge on any atom is -0.323 e. The van der Waals surface area contributed by atoms with E-state index in [4.69, 9.17) is 0 Å². The Morgan fingerprint density at radius 2 is 1.88 bits per heavy atom. The highest BCUT2D eigenvalue weighted by molar-refractivity contribution is 6.20. The van der Waals surface area contributed by atoms with Crippen LogP contribution in [0.2, 0.25) is 0 Å². The number of amides is 1. The first-order chi connectivity index (χ1) is 11.3. The van der Waals surface area contributed by atoms with Crippen LogP contribution in [-0.2, 0) is 4.79 Å². The number of nitrogens with zero attached hydrogens (tertiary/aromatic N) is 2. The average molecular weight is 327 g/mol. The molecule has 0 atom stereocenters. The number of nitro benzene ring substituents is 1. The number of hydrogen-bond donors (Lipinski definition) is 1. The third-order valence-corrected chi connectivity index (χ3v) is 3.79. The van der Waals surface area contributed by atoms with Crippen molar-refractivity contribution in [3.8, 4) is 0 Å². The lowest BCUT2D eigenvalue weighted by Gasteiger charge is -2.17. The van der Waals surface area contributed by atoms with Crippen LogP contribution >= 0.6 is 0 Å². The van der Waals surface area contributed by atoms with Crippen LogP contribution in [0.5, 0.6) is 0 Å². The first-order valence-electron chi connectivity index (χ1n) is 7.24. The molecule has 0 bridgehead atoms. The van der Waals surface area contributed by atoms with Crippen LogP contribution < -0.4 is 5.32 Å². The summed E-state index contributed by atoms with van der Waals surface area (Å²) in [5, 5.41) is 13.8. The number of benzene rings is 2. The fraction of sp³-hybridized carbons (Fsp3) is 0.176. The topological polar surface area (TPSA) is 84.6 Å². The van der Waals surface area contributed by atoms with E-state index in [1.807, 2.05) is 0 Å². The molecule has 7 heteroatoms. The smallest absolute Gasteiger partial charge is 0.270 e. The minimum atomic E-state index is -1.15. The second-order valence-electron chi connectivity index (χ2n) is 5.94. The predicted octanol–water partition coefficient (Wildman–Crippen LogP) is 3.30. The van der Waals surface area contributed by atoms with Crippen molar-refractivity contribution in [2.45, 2.75) is 19.4 Å². The van der Waals surface area contributed by atoms with E-state index in [1.54, 1.807) is 26.0 Å². The lowest BCUT2D eigenvalue weighted by Crippen LogP contribution is -2.34. The lowest BCUT2D eigenvalue weighted by molar-refractivity contribution is -0.384. The standard InChI is InChI=1S/C17H14FN3O3/c1-17(2)16(22)19-14-8-7-10(21(23)24)9-12(14)15(20-17)11-5-3-4-6-13(11)18/h3-9H,1-2H3,(H,19,22). The molecule has 0 unspecified atom stereocenters. The SMILES string of the molecule is CC1(C)N=C(c2ccccc2F)c2cc([N+](=O)[O-])ccc2NC1=O. The van der Waals surface area contributed by atoms with Gasteiger partial charge in [0.2, 0.25) is 0 Å². The number of fused-ring (bicyclic) bond motifs is 1. The third-order valence-electron chi connectivity index (χ3n) is 3.79. The molecule has 0 saturated carbocycles. The zero-order chi connectivity index (χ0) is 17.5. The molecule has 2 aromatic rings. The van der Waals surface area contributed by atoms with Crippen LogP contribution in [0.3, 0.4) is 0 Å². The molecular formula is C17H14FN3O3. The van der Waals surface area contributed by atoms with Crippen molar-refractivity contribution in [2.75, 3.05) is 5.32 Å². The van der Waals surface area contributed by atoms with E-state index in [0.29, 0.717) is 11.3 Å². The van der Waals surface area contributed by atoms with E-state index in [1.165, 1.54) is 30.3 Å². The Hall–Kier alpha value is -3.09. The number of non-ortho nitro benzene ring substituents is 1. The van der Waals surface area contributed by atoms with Gasteiger partial charge in [0.1, 0.15) is 11.4 Å². The van der Waals surface area contributed by atoms with E-state index in [9.17, 15) is 19.3 Å². The van der Waals surface area contributed by atoms with Crippen LogP contribution in [0.15, 0.2) is 47.5 Å². The van der Waals surface area contributed by atoms with Gasteiger partial charge in [-0.15, -0.1) is 0 Å². The Labute approximate surface area is 137 Å². The summed E-state index contributed by atoms with van der Waals surface area (Å²) in [4.78, 5) is 27.3. The predicted molar refractivity (Wildman–Crippen MR) is 87.8 cm³/mol. The second-order valence-corrected chi connectivity index (χ2v) is 5.94. The van der Waals surface area contributed by atoms with Crippen LogP contribution in [0, 0.1) is 15.9 Å². The molecule has 0 radical (unpaired) electrons. The highest BCUT2D eigenvalue weighted by atomic mass is 19.1. The number of halogens is 1. The number of nitrogens with one attached hydrogen (secondary N) is 1. The van der Waals surface area contributed by atoms with Crippen LogP contribution in [0.4, 0.5) is 15.8 Å². The number of benzodiazepines with no additional fused rings is 1. The van der Waals surface area contributed by atoms with E-state index in [0.717, 1.165) is 0 Å². The number of rotatable bonds is 2. The quantitative estimate of drug-likeness (QED) is 0.678. The van der Waals surface area contributed by atoms with E-state index >= 15 is 0 Å². The average Bonchev–Trinajstić information content (AvgIpc) is 2.62. The highest BCUT2D eigenvalue weighted by Crippen LogP contribution is 2.31. The van der Waals surface area contributed by atoms with E-state index < -0.39 is 16.3 Å². The molecule has 1 aliphatic heterocycles. The normalized spacial score (nSPS) is 15.8. The Bertz CT molecular complexity index is 890. The van der Waals surface area contributed by atoms with Gasteiger partial charge in [-0.05, 0) is 32.0 Å². The Morgan fingerprint density at radius 3 is 2.54 bits per heavy atom. The molecule has 122 valence electrons. The molecule has 1 amide bonds. The maximum Gasteiger partial charge on any atom is 0.270 e. The number of anilines is 1.